The predicted molar refractivity (Wildman–Crippen MR) is 84.6 cm³/mol. The highest BCUT2D eigenvalue weighted by Gasteiger charge is 2.11. The summed E-state index contributed by atoms with van der Waals surface area (Å²) >= 11 is 0. The molecule has 0 saturated heterocycles. The van der Waals surface area contributed by atoms with Gasteiger partial charge in [-0.1, -0.05) is 34.6 Å². The van der Waals surface area contributed by atoms with E-state index in [0.29, 0.717) is 0 Å². The van der Waals surface area contributed by atoms with Crippen LogP contribution in [0.4, 0.5) is 4.79 Å². The van der Waals surface area contributed by atoms with Crippen molar-refractivity contribution in [1.82, 2.24) is 15.1 Å². The molecule has 0 aromatic heterocycles. The summed E-state index contributed by atoms with van der Waals surface area (Å²) in [5.41, 5.74) is 0. The Morgan fingerprint density at radius 1 is 1.05 bits per heavy atom. The number of amides is 2. The van der Waals surface area contributed by atoms with Crippen LogP contribution in [-0.4, -0.2) is 55.6 Å². The maximum Gasteiger partial charge on any atom is 0.317 e. The van der Waals surface area contributed by atoms with Gasteiger partial charge in [0.25, 0.3) is 0 Å². The molecule has 1 N–H and O–H groups in total. The molecular formula is C15H35N3O. The van der Waals surface area contributed by atoms with E-state index in [0.717, 1.165) is 38.6 Å². The second-order valence-corrected chi connectivity index (χ2v) is 4.75. The van der Waals surface area contributed by atoms with E-state index in [9.17, 15) is 4.79 Å². The Morgan fingerprint density at radius 3 is 2.00 bits per heavy atom. The van der Waals surface area contributed by atoms with Crippen LogP contribution in [0.25, 0.3) is 0 Å². The Bertz CT molecular complexity index is 208. The molecule has 0 aliphatic rings. The maximum atomic E-state index is 11.5. The molecule has 19 heavy (non-hydrogen) atoms. The summed E-state index contributed by atoms with van der Waals surface area (Å²) in [4.78, 5) is 15.8. The molecule has 0 rings (SSSR count). The molecule has 0 bridgehead atoms. The molecule has 116 valence electrons. The van der Waals surface area contributed by atoms with E-state index in [4.69, 9.17) is 0 Å². The van der Waals surface area contributed by atoms with Crippen molar-refractivity contribution in [3.8, 4) is 0 Å². The molecule has 2 amide bonds. The van der Waals surface area contributed by atoms with Crippen molar-refractivity contribution < 1.29 is 4.79 Å². The summed E-state index contributed by atoms with van der Waals surface area (Å²) < 4.78 is 0. The standard InChI is InChI=1S/C13H29N3O.C2H6/c1-6-15(9-8-12(3)4)10-11-16(7-2)13(17)14-5;1-2/h12H,6-11H2,1-5H3,(H,14,17);1-2H3. The van der Waals surface area contributed by atoms with Crippen LogP contribution >= 0.6 is 0 Å². The number of urea groups is 1. The summed E-state index contributed by atoms with van der Waals surface area (Å²) in [6.07, 6.45) is 1.22. The van der Waals surface area contributed by atoms with E-state index in [-0.39, 0.29) is 6.03 Å². The summed E-state index contributed by atoms with van der Waals surface area (Å²) in [5.74, 6) is 0.741. The van der Waals surface area contributed by atoms with Gasteiger partial charge in [-0.05, 0) is 32.4 Å². The largest absolute Gasteiger partial charge is 0.341 e. The van der Waals surface area contributed by atoms with Gasteiger partial charge in [-0.2, -0.15) is 0 Å². The first-order valence-corrected chi connectivity index (χ1v) is 7.74. The Balaban J connectivity index is 0. The first-order valence-electron chi connectivity index (χ1n) is 7.74. The first kappa shape index (κ1) is 20.5. The summed E-state index contributed by atoms with van der Waals surface area (Å²) in [5, 5.41) is 2.68. The van der Waals surface area contributed by atoms with Crippen LogP contribution in [0.15, 0.2) is 0 Å². The number of nitrogens with one attached hydrogen (secondary N) is 1. The lowest BCUT2D eigenvalue weighted by Gasteiger charge is -2.26. The lowest BCUT2D eigenvalue weighted by molar-refractivity contribution is 0.186. The smallest absolute Gasteiger partial charge is 0.317 e. The van der Waals surface area contributed by atoms with E-state index in [1.807, 2.05) is 25.7 Å². The predicted octanol–water partition coefficient (Wildman–Crippen LogP) is 3.04. The maximum absolute atomic E-state index is 11.5. The molecule has 0 unspecified atom stereocenters. The molecule has 0 radical (unpaired) electrons. The first-order chi connectivity index (χ1) is 9.04. The van der Waals surface area contributed by atoms with E-state index in [2.05, 4.69) is 31.0 Å². The van der Waals surface area contributed by atoms with Crippen LogP contribution in [-0.2, 0) is 0 Å². The molecule has 0 aromatic carbocycles. The Hall–Kier alpha value is -0.770. The zero-order valence-electron chi connectivity index (χ0n) is 14.1. The number of rotatable bonds is 8. The van der Waals surface area contributed by atoms with Gasteiger partial charge in [-0.25, -0.2) is 4.79 Å². The molecule has 0 heterocycles. The van der Waals surface area contributed by atoms with Gasteiger partial charge in [0.15, 0.2) is 0 Å². The SMILES string of the molecule is CC.CCN(CCC(C)C)CCN(CC)C(=O)NC. The van der Waals surface area contributed by atoms with Gasteiger partial charge in [-0.3, -0.25) is 0 Å². The third-order valence-electron chi connectivity index (χ3n) is 3.04. The van der Waals surface area contributed by atoms with Gasteiger partial charge in [0.1, 0.15) is 0 Å². The lowest BCUT2D eigenvalue weighted by atomic mass is 10.1. The fourth-order valence-corrected chi connectivity index (χ4v) is 1.69. The van der Waals surface area contributed by atoms with Crippen molar-refractivity contribution in [2.45, 2.75) is 48.0 Å². The quantitative estimate of drug-likeness (QED) is 0.738. The Kier molecular flexibility index (Phi) is 14.8. The van der Waals surface area contributed by atoms with Crippen molar-refractivity contribution >= 4 is 6.03 Å². The highest BCUT2D eigenvalue weighted by molar-refractivity contribution is 5.73. The minimum atomic E-state index is 0.0208. The fraction of sp³-hybridized carbons (Fsp3) is 0.933. The third-order valence-corrected chi connectivity index (χ3v) is 3.04. The molecule has 0 spiro atoms. The molecule has 4 heteroatoms. The number of hydrogen-bond acceptors (Lipinski definition) is 2. The van der Waals surface area contributed by atoms with Gasteiger partial charge < -0.3 is 15.1 Å². The molecule has 0 aliphatic carbocycles. The average molecular weight is 273 g/mol. The zero-order chi connectivity index (χ0) is 15.3. The monoisotopic (exact) mass is 273 g/mol. The van der Waals surface area contributed by atoms with Crippen molar-refractivity contribution in [2.24, 2.45) is 5.92 Å². The topological polar surface area (TPSA) is 35.6 Å². The van der Waals surface area contributed by atoms with Crippen molar-refractivity contribution in [3.63, 3.8) is 0 Å². The molecule has 0 saturated carbocycles. The summed E-state index contributed by atoms with van der Waals surface area (Å²) in [6, 6.07) is 0.0208. The highest BCUT2D eigenvalue weighted by Crippen LogP contribution is 2.02. The molecule has 0 aliphatic heterocycles. The average Bonchev–Trinajstić information content (AvgIpc) is 2.44. The van der Waals surface area contributed by atoms with Gasteiger partial charge >= 0.3 is 6.03 Å². The number of hydrogen-bond donors (Lipinski definition) is 1. The minimum absolute atomic E-state index is 0.0208. The van der Waals surface area contributed by atoms with E-state index in [1.165, 1.54) is 6.42 Å². The normalized spacial score (nSPS) is 10.2. The number of carbonyl (C=O) groups excluding carboxylic acids is 1. The Labute approximate surface area is 120 Å². The molecular weight excluding hydrogens is 238 g/mol. The number of nitrogens with zero attached hydrogens (tertiary/aromatic N) is 2. The highest BCUT2D eigenvalue weighted by atomic mass is 16.2. The lowest BCUT2D eigenvalue weighted by Crippen LogP contribution is -2.43. The molecule has 4 nitrogen and oxygen atoms in total. The van der Waals surface area contributed by atoms with Crippen LogP contribution in [0.1, 0.15) is 48.0 Å². The fourth-order valence-electron chi connectivity index (χ4n) is 1.69. The minimum Gasteiger partial charge on any atom is -0.341 e. The Morgan fingerprint density at radius 2 is 1.63 bits per heavy atom. The van der Waals surface area contributed by atoms with Crippen LogP contribution in [0, 0.1) is 5.92 Å². The number of carbonyl (C=O) groups is 1. The van der Waals surface area contributed by atoms with Crippen LogP contribution in [0.2, 0.25) is 0 Å². The number of likely N-dealkylation sites (N-methyl/N-ethyl adjacent to an activating group) is 2. The third kappa shape index (κ3) is 10.8. The molecule has 0 aromatic rings. The van der Waals surface area contributed by atoms with Gasteiger partial charge in [0, 0.05) is 26.7 Å². The summed E-state index contributed by atoms with van der Waals surface area (Å²) in [6.45, 7) is 17.4. The molecule has 0 atom stereocenters. The van der Waals surface area contributed by atoms with Crippen LogP contribution in [0.3, 0.4) is 0 Å². The van der Waals surface area contributed by atoms with Crippen LogP contribution < -0.4 is 5.32 Å². The van der Waals surface area contributed by atoms with Gasteiger partial charge in [-0.15, -0.1) is 0 Å². The zero-order valence-corrected chi connectivity index (χ0v) is 14.1. The van der Waals surface area contributed by atoms with E-state index >= 15 is 0 Å². The summed E-state index contributed by atoms with van der Waals surface area (Å²) in [7, 11) is 1.68. The van der Waals surface area contributed by atoms with Gasteiger partial charge in [0.2, 0.25) is 0 Å². The van der Waals surface area contributed by atoms with E-state index < -0.39 is 0 Å². The van der Waals surface area contributed by atoms with Crippen molar-refractivity contribution in [3.05, 3.63) is 0 Å². The van der Waals surface area contributed by atoms with Gasteiger partial charge in [0.05, 0.1) is 0 Å². The second kappa shape index (κ2) is 13.7. The molecule has 0 fully saturated rings. The van der Waals surface area contributed by atoms with Crippen molar-refractivity contribution in [2.75, 3.05) is 39.8 Å². The second-order valence-electron chi connectivity index (χ2n) is 4.75. The van der Waals surface area contributed by atoms with Crippen LogP contribution in [0.5, 0.6) is 0 Å². The van der Waals surface area contributed by atoms with Crippen molar-refractivity contribution in [1.29, 1.82) is 0 Å². The van der Waals surface area contributed by atoms with E-state index in [1.54, 1.807) is 7.05 Å².